The molecule has 2 N–H and O–H groups in total. The van der Waals surface area contributed by atoms with Gasteiger partial charge in [0.2, 0.25) is 5.91 Å². The summed E-state index contributed by atoms with van der Waals surface area (Å²) in [6, 6.07) is 16.5. The molecule has 0 radical (unpaired) electrons. The Hall–Kier alpha value is -2.44. The monoisotopic (exact) mass is 371 g/mol. The molecule has 0 aliphatic carbocycles. The van der Waals surface area contributed by atoms with Gasteiger partial charge in [-0.25, -0.2) is 4.39 Å². The number of hydrogen-bond acceptors (Lipinski definition) is 4. The Kier molecular flexibility index (Phi) is 6.42. The molecule has 0 bridgehead atoms. The number of nitrogens with zero attached hydrogens (tertiary/aromatic N) is 2. The van der Waals surface area contributed by atoms with Gasteiger partial charge in [0, 0.05) is 32.1 Å². The maximum atomic E-state index is 13.5. The van der Waals surface area contributed by atoms with Crippen molar-refractivity contribution in [2.24, 2.45) is 5.73 Å². The summed E-state index contributed by atoms with van der Waals surface area (Å²) in [4.78, 5) is 16.2. The first kappa shape index (κ1) is 19.3. The fraction of sp³-hybridized carbons (Fsp3) is 0.381. The maximum absolute atomic E-state index is 13.5. The number of rotatable bonds is 7. The van der Waals surface area contributed by atoms with Crippen LogP contribution >= 0.6 is 0 Å². The normalized spacial score (nSPS) is 19.8. The molecule has 0 aromatic heterocycles. The van der Waals surface area contributed by atoms with Crippen LogP contribution < -0.4 is 10.5 Å². The van der Waals surface area contributed by atoms with Crippen molar-refractivity contribution in [2.45, 2.75) is 12.0 Å². The highest BCUT2D eigenvalue weighted by Gasteiger charge is 2.32. The van der Waals surface area contributed by atoms with Crippen LogP contribution in [0.2, 0.25) is 0 Å². The predicted molar refractivity (Wildman–Crippen MR) is 103 cm³/mol. The Morgan fingerprint density at radius 2 is 1.89 bits per heavy atom. The number of benzene rings is 2. The summed E-state index contributed by atoms with van der Waals surface area (Å²) in [5.41, 5.74) is 7.50. The first-order valence-electron chi connectivity index (χ1n) is 9.19. The molecule has 2 atom stereocenters. The van der Waals surface area contributed by atoms with Crippen molar-refractivity contribution < 1.29 is 13.9 Å². The summed E-state index contributed by atoms with van der Waals surface area (Å²) in [6.45, 7) is 2.44. The Balaban J connectivity index is 1.45. The second-order valence-electron chi connectivity index (χ2n) is 6.97. The van der Waals surface area contributed by atoms with E-state index in [1.54, 1.807) is 30.1 Å². The van der Waals surface area contributed by atoms with Gasteiger partial charge in [-0.15, -0.1) is 0 Å². The minimum atomic E-state index is -0.399. The highest BCUT2D eigenvalue weighted by atomic mass is 19.1. The first-order valence-corrected chi connectivity index (χ1v) is 9.19. The third-order valence-corrected chi connectivity index (χ3v) is 4.97. The average Bonchev–Trinajstić information content (AvgIpc) is 3.04. The molecule has 1 saturated heterocycles. The van der Waals surface area contributed by atoms with Gasteiger partial charge in [0.05, 0.1) is 13.1 Å². The van der Waals surface area contributed by atoms with Gasteiger partial charge in [-0.05, 0) is 17.7 Å². The summed E-state index contributed by atoms with van der Waals surface area (Å²) in [6.07, 6.45) is 0. The zero-order chi connectivity index (χ0) is 19.2. The van der Waals surface area contributed by atoms with Crippen molar-refractivity contribution in [1.82, 2.24) is 9.80 Å². The molecule has 27 heavy (non-hydrogen) atoms. The van der Waals surface area contributed by atoms with Gasteiger partial charge in [0.15, 0.2) is 11.6 Å². The van der Waals surface area contributed by atoms with E-state index in [9.17, 15) is 9.18 Å². The van der Waals surface area contributed by atoms with E-state index in [2.05, 4.69) is 17.0 Å². The SMILES string of the molecule is CN(CCOc1ccccc1F)C(=O)CN1C[C@@H](N)[C@H](c2ccccc2)C1. The van der Waals surface area contributed by atoms with Crippen molar-refractivity contribution in [3.8, 4) is 5.75 Å². The van der Waals surface area contributed by atoms with E-state index >= 15 is 0 Å². The number of likely N-dealkylation sites (tertiary alicyclic amines) is 1. The van der Waals surface area contributed by atoms with E-state index in [4.69, 9.17) is 10.5 Å². The summed E-state index contributed by atoms with van der Waals surface area (Å²) in [5.74, 6) is 0.0563. The van der Waals surface area contributed by atoms with Gasteiger partial charge in [0.1, 0.15) is 6.61 Å². The third kappa shape index (κ3) is 5.05. The summed E-state index contributed by atoms with van der Waals surface area (Å²) in [7, 11) is 1.73. The standard InChI is InChI=1S/C21H26FN3O2/c1-24(11-12-27-20-10-6-5-9-18(20)22)21(26)15-25-13-17(19(23)14-25)16-7-3-2-4-8-16/h2-10,17,19H,11-15,23H2,1H3/t17-,19+/m0/s1. The van der Waals surface area contributed by atoms with Crippen LogP contribution in [0.3, 0.4) is 0 Å². The van der Waals surface area contributed by atoms with Crippen LogP contribution in [0.25, 0.3) is 0 Å². The number of carbonyl (C=O) groups is 1. The lowest BCUT2D eigenvalue weighted by Gasteiger charge is -2.21. The Morgan fingerprint density at radius 3 is 2.63 bits per heavy atom. The van der Waals surface area contributed by atoms with E-state index in [-0.39, 0.29) is 30.2 Å². The second-order valence-corrected chi connectivity index (χ2v) is 6.97. The molecule has 5 nitrogen and oxygen atoms in total. The van der Waals surface area contributed by atoms with Crippen LogP contribution in [0.1, 0.15) is 11.5 Å². The van der Waals surface area contributed by atoms with Crippen LogP contribution in [0.5, 0.6) is 5.75 Å². The van der Waals surface area contributed by atoms with Crippen molar-refractivity contribution >= 4 is 5.91 Å². The number of ether oxygens (including phenoxy) is 1. The Bertz CT molecular complexity index is 756. The van der Waals surface area contributed by atoms with Crippen molar-refractivity contribution in [3.63, 3.8) is 0 Å². The molecule has 2 aromatic rings. The first-order chi connectivity index (χ1) is 13.0. The molecular weight excluding hydrogens is 345 g/mol. The molecule has 1 aliphatic rings. The molecule has 0 saturated carbocycles. The molecule has 2 aromatic carbocycles. The van der Waals surface area contributed by atoms with E-state index in [1.807, 2.05) is 18.2 Å². The lowest BCUT2D eigenvalue weighted by Crippen LogP contribution is -2.40. The summed E-state index contributed by atoms with van der Waals surface area (Å²) < 4.78 is 18.9. The summed E-state index contributed by atoms with van der Waals surface area (Å²) >= 11 is 0. The number of para-hydroxylation sites is 1. The number of hydrogen-bond donors (Lipinski definition) is 1. The molecule has 6 heteroatoms. The van der Waals surface area contributed by atoms with Gasteiger partial charge in [-0.1, -0.05) is 42.5 Å². The van der Waals surface area contributed by atoms with Crippen LogP contribution in [0.4, 0.5) is 4.39 Å². The second kappa shape index (κ2) is 8.97. The van der Waals surface area contributed by atoms with E-state index in [0.29, 0.717) is 19.6 Å². The number of carbonyl (C=O) groups excluding carboxylic acids is 1. The lowest BCUT2D eigenvalue weighted by molar-refractivity contribution is -0.131. The lowest BCUT2D eigenvalue weighted by atomic mass is 9.95. The third-order valence-electron chi connectivity index (χ3n) is 4.97. The van der Waals surface area contributed by atoms with Gasteiger partial charge < -0.3 is 15.4 Å². The van der Waals surface area contributed by atoms with Gasteiger partial charge in [-0.3, -0.25) is 9.69 Å². The molecular formula is C21H26FN3O2. The van der Waals surface area contributed by atoms with Crippen LogP contribution in [-0.4, -0.2) is 61.6 Å². The Labute approximate surface area is 159 Å². The highest BCUT2D eigenvalue weighted by molar-refractivity contribution is 5.78. The minimum absolute atomic E-state index is 0.00745. The van der Waals surface area contributed by atoms with Crippen LogP contribution in [-0.2, 0) is 4.79 Å². The van der Waals surface area contributed by atoms with Crippen molar-refractivity contribution in [3.05, 3.63) is 66.0 Å². The molecule has 3 rings (SSSR count). The van der Waals surface area contributed by atoms with Gasteiger partial charge >= 0.3 is 0 Å². The fourth-order valence-corrected chi connectivity index (χ4v) is 3.39. The van der Waals surface area contributed by atoms with Crippen LogP contribution in [0.15, 0.2) is 54.6 Å². The van der Waals surface area contributed by atoms with Gasteiger partial charge in [-0.2, -0.15) is 0 Å². The molecule has 1 fully saturated rings. The zero-order valence-corrected chi connectivity index (χ0v) is 15.6. The number of nitrogens with two attached hydrogens (primary N) is 1. The molecule has 0 spiro atoms. The van der Waals surface area contributed by atoms with E-state index < -0.39 is 5.82 Å². The largest absolute Gasteiger partial charge is 0.489 e. The molecule has 1 heterocycles. The number of amides is 1. The summed E-state index contributed by atoms with van der Waals surface area (Å²) in [5, 5.41) is 0. The quantitative estimate of drug-likeness (QED) is 0.810. The van der Waals surface area contributed by atoms with Crippen LogP contribution in [0, 0.1) is 5.82 Å². The molecule has 1 aliphatic heterocycles. The minimum Gasteiger partial charge on any atom is -0.489 e. The predicted octanol–water partition coefficient (Wildman–Crippen LogP) is 2.09. The molecule has 144 valence electrons. The average molecular weight is 371 g/mol. The number of likely N-dealkylation sites (N-methyl/N-ethyl adjacent to an activating group) is 1. The topological polar surface area (TPSA) is 58.8 Å². The smallest absolute Gasteiger partial charge is 0.236 e. The Morgan fingerprint density at radius 1 is 1.19 bits per heavy atom. The fourth-order valence-electron chi connectivity index (χ4n) is 3.39. The van der Waals surface area contributed by atoms with E-state index in [1.165, 1.54) is 11.6 Å². The van der Waals surface area contributed by atoms with Crippen molar-refractivity contribution in [1.29, 1.82) is 0 Å². The molecule has 0 unspecified atom stereocenters. The van der Waals surface area contributed by atoms with Crippen molar-refractivity contribution in [2.75, 3.05) is 39.8 Å². The maximum Gasteiger partial charge on any atom is 0.236 e. The van der Waals surface area contributed by atoms with E-state index in [0.717, 1.165) is 6.54 Å². The number of halogens is 1. The molecule has 1 amide bonds. The van der Waals surface area contributed by atoms with Gasteiger partial charge in [0.25, 0.3) is 0 Å². The highest BCUT2D eigenvalue weighted by Crippen LogP contribution is 2.26. The zero-order valence-electron chi connectivity index (χ0n) is 15.6.